The summed E-state index contributed by atoms with van der Waals surface area (Å²) in [6, 6.07) is 8.07. The summed E-state index contributed by atoms with van der Waals surface area (Å²) >= 11 is 9.40. The largest absolute Gasteiger partial charge is 0.0881 e. The van der Waals surface area contributed by atoms with E-state index in [1.54, 1.807) is 0 Å². The predicted molar refractivity (Wildman–Crippen MR) is 55.7 cm³/mol. The number of alkyl halides is 1. The Balaban J connectivity index is 2.18. The van der Waals surface area contributed by atoms with Crippen LogP contribution in [-0.2, 0) is 0 Å². The maximum atomic E-state index is 5.79. The molecule has 0 amide bonds. The third-order valence-electron chi connectivity index (χ3n) is 2.26. The summed E-state index contributed by atoms with van der Waals surface area (Å²) < 4.78 is 0. The summed E-state index contributed by atoms with van der Waals surface area (Å²) in [6.07, 6.45) is 2.48. The molecule has 1 saturated carbocycles. The Morgan fingerprint density at radius 3 is 2.33 bits per heavy atom. The van der Waals surface area contributed by atoms with Gasteiger partial charge in [-0.1, -0.05) is 39.7 Å². The lowest BCUT2D eigenvalue weighted by molar-refractivity contribution is 0.603. The fourth-order valence-corrected chi connectivity index (χ4v) is 2.24. The van der Waals surface area contributed by atoms with Crippen LogP contribution in [0.15, 0.2) is 24.3 Å². The molecule has 0 spiro atoms. The molecule has 12 heavy (non-hydrogen) atoms. The van der Waals surface area contributed by atoms with Crippen molar-refractivity contribution in [1.82, 2.24) is 0 Å². The molecule has 1 aliphatic rings. The fourth-order valence-electron chi connectivity index (χ4n) is 1.39. The Morgan fingerprint density at radius 2 is 1.92 bits per heavy atom. The summed E-state index contributed by atoms with van der Waals surface area (Å²) in [5.41, 5.74) is 1.33. The maximum Gasteiger partial charge on any atom is 0.0406 e. The van der Waals surface area contributed by atoms with Crippen molar-refractivity contribution in [3.8, 4) is 0 Å². The van der Waals surface area contributed by atoms with Gasteiger partial charge in [-0.2, -0.15) is 0 Å². The van der Waals surface area contributed by atoms with Gasteiger partial charge in [0, 0.05) is 15.8 Å². The van der Waals surface area contributed by atoms with Crippen LogP contribution in [0.25, 0.3) is 0 Å². The van der Waals surface area contributed by atoms with Gasteiger partial charge in [0.1, 0.15) is 0 Å². The van der Waals surface area contributed by atoms with E-state index in [0.29, 0.717) is 4.83 Å². The second-order valence-corrected chi connectivity index (χ2v) is 4.58. The van der Waals surface area contributed by atoms with E-state index in [1.807, 2.05) is 12.1 Å². The molecular formula is C10H9BrCl. The minimum atomic E-state index is 0.596. The molecule has 0 aliphatic heterocycles. The van der Waals surface area contributed by atoms with E-state index in [0.717, 1.165) is 5.02 Å². The van der Waals surface area contributed by atoms with E-state index in [4.69, 9.17) is 11.6 Å². The van der Waals surface area contributed by atoms with Crippen molar-refractivity contribution in [3.63, 3.8) is 0 Å². The zero-order valence-corrected chi connectivity index (χ0v) is 8.90. The first-order valence-electron chi connectivity index (χ1n) is 4.03. The summed E-state index contributed by atoms with van der Waals surface area (Å²) in [6.45, 7) is 0. The first kappa shape index (κ1) is 8.58. The molecule has 1 unspecified atom stereocenters. The Bertz CT molecular complexity index is 268. The molecule has 1 aromatic rings. The number of benzene rings is 1. The Kier molecular flexibility index (Phi) is 2.42. The number of hydrogen-bond donors (Lipinski definition) is 0. The molecular weight excluding hydrogens is 235 g/mol. The molecule has 1 aromatic carbocycles. The van der Waals surface area contributed by atoms with Crippen LogP contribution in [0.3, 0.4) is 0 Å². The lowest BCUT2D eigenvalue weighted by Crippen LogP contribution is -2.24. The minimum absolute atomic E-state index is 0.596. The van der Waals surface area contributed by atoms with Crippen molar-refractivity contribution in [3.05, 3.63) is 40.8 Å². The van der Waals surface area contributed by atoms with Crippen molar-refractivity contribution >= 4 is 27.5 Å². The first-order chi connectivity index (χ1) is 5.77. The Morgan fingerprint density at radius 1 is 1.25 bits per heavy atom. The first-order valence-corrected chi connectivity index (χ1v) is 5.32. The number of rotatable bonds is 1. The van der Waals surface area contributed by atoms with E-state index in [2.05, 4.69) is 28.1 Å². The molecule has 2 rings (SSSR count). The maximum absolute atomic E-state index is 5.79. The van der Waals surface area contributed by atoms with Crippen molar-refractivity contribution in [2.45, 2.75) is 17.7 Å². The van der Waals surface area contributed by atoms with Crippen molar-refractivity contribution in [2.24, 2.45) is 0 Å². The normalized spacial score (nSPS) is 23.7. The van der Waals surface area contributed by atoms with Crippen molar-refractivity contribution in [2.75, 3.05) is 0 Å². The van der Waals surface area contributed by atoms with E-state index in [9.17, 15) is 0 Å². The third kappa shape index (κ3) is 1.53. The zero-order chi connectivity index (χ0) is 8.55. The number of halogens is 2. The highest BCUT2D eigenvalue weighted by Gasteiger charge is 2.30. The van der Waals surface area contributed by atoms with E-state index < -0.39 is 0 Å². The van der Waals surface area contributed by atoms with Crippen LogP contribution in [0.4, 0.5) is 0 Å². The molecule has 0 heterocycles. The second kappa shape index (κ2) is 3.39. The highest BCUT2D eigenvalue weighted by atomic mass is 79.9. The van der Waals surface area contributed by atoms with E-state index in [-0.39, 0.29) is 0 Å². The fraction of sp³-hybridized carbons (Fsp3) is 0.300. The standard InChI is InChI=1S/C10H9BrCl/c11-10-6-5-9(10)7-1-3-8(12)4-2-7/h1-4,10H,5-6H2. The molecule has 1 radical (unpaired) electrons. The van der Waals surface area contributed by atoms with Gasteiger partial charge in [0.15, 0.2) is 0 Å². The molecule has 0 N–H and O–H groups in total. The molecule has 0 bridgehead atoms. The van der Waals surface area contributed by atoms with Crippen molar-refractivity contribution in [1.29, 1.82) is 0 Å². The van der Waals surface area contributed by atoms with Crippen LogP contribution < -0.4 is 0 Å². The molecule has 1 fully saturated rings. The lowest BCUT2D eigenvalue weighted by atomic mass is 9.80. The Hall–Kier alpha value is -0.0100. The predicted octanol–water partition coefficient (Wildman–Crippen LogP) is 3.82. The van der Waals surface area contributed by atoms with Crippen LogP contribution in [0.1, 0.15) is 18.4 Å². The van der Waals surface area contributed by atoms with Gasteiger partial charge in [-0.15, -0.1) is 0 Å². The molecule has 0 nitrogen and oxygen atoms in total. The van der Waals surface area contributed by atoms with Gasteiger partial charge in [-0.05, 0) is 30.5 Å². The van der Waals surface area contributed by atoms with Gasteiger partial charge < -0.3 is 0 Å². The minimum Gasteiger partial charge on any atom is -0.0881 e. The van der Waals surface area contributed by atoms with Crippen LogP contribution >= 0.6 is 27.5 Å². The molecule has 1 aliphatic carbocycles. The highest BCUT2D eigenvalue weighted by Crippen LogP contribution is 2.40. The van der Waals surface area contributed by atoms with Gasteiger partial charge in [-0.25, -0.2) is 0 Å². The van der Waals surface area contributed by atoms with Gasteiger partial charge in [-0.3, -0.25) is 0 Å². The molecule has 63 valence electrons. The third-order valence-corrected chi connectivity index (χ3v) is 3.52. The highest BCUT2D eigenvalue weighted by molar-refractivity contribution is 9.09. The molecule has 2 heteroatoms. The average molecular weight is 245 g/mol. The SMILES string of the molecule is Clc1ccc([C]2CCC2Br)cc1. The lowest BCUT2D eigenvalue weighted by Gasteiger charge is -2.31. The summed E-state index contributed by atoms with van der Waals surface area (Å²) in [7, 11) is 0. The summed E-state index contributed by atoms with van der Waals surface area (Å²) in [5.74, 6) is 1.51. The van der Waals surface area contributed by atoms with Gasteiger partial charge in [0.05, 0.1) is 0 Å². The Labute approximate surface area is 86.1 Å². The molecule has 1 atom stereocenters. The van der Waals surface area contributed by atoms with Gasteiger partial charge >= 0.3 is 0 Å². The monoisotopic (exact) mass is 243 g/mol. The summed E-state index contributed by atoms with van der Waals surface area (Å²) in [4.78, 5) is 0.596. The molecule has 0 saturated heterocycles. The van der Waals surface area contributed by atoms with E-state index >= 15 is 0 Å². The van der Waals surface area contributed by atoms with Crippen LogP contribution in [-0.4, -0.2) is 4.83 Å². The second-order valence-electron chi connectivity index (χ2n) is 3.04. The quantitative estimate of drug-likeness (QED) is 0.659. The van der Waals surface area contributed by atoms with Crippen molar-refractivity contribution < 1.29 is 0 Å². The van der Waals surface area contributed by atoms with Gasteiger partial charge in [0.2, 0.25) is 0 Å². The van der Waals surface area contributed by atoms with E-state index in [1.165, 1.54) is 24.3 Å². The summed E-state index contributed by atoms with van der Waals surface area (Å²) in [5, 5.41) is 0.810. The smallest absolute Gasteiger partial charge is 0.0406 e. The average Bonchev–Trinajstić information content (AvgIpc) is 2.06. The number of hydrogen-bond acceptors (Lipinski definition) is 0. The van der Waals surface area contributed by atoms with Crippen LogP contribution in [0, 0.1) is 5.92 Å². The topological polar surface area (TPSA) is 0 Å². The zero-order valence-electron chi connectivity index (χ0n) is 6.56. The van der Waals surface area contributed by atoms with Gasteiger partial charge in [0.25, 0.3) is 0 Å². The van der Waals surface area contributed by atoms with Crippen LogP contribution in [0.5, 0.6) is 0 Å². The van der Waals surface area contributed by atoms with Crippen LogP contribution in [0.2, 0.25) is 5.02 Å². The molecule has 0 aromatic heterocycles.